The van der Waals surface area contributed by atoms with E-state index in [9.17, 15) is 23.1 Å². The summed E-state index contributed by atoms with van der Waals surface area (Å²) < 4.78 is 40.8. The third kappa shape index (κ3) is 5.40. The number of anilines is 1. The molecule has 34 heavy (non-hydrogen) atoms. The fraction of sp³-hybridized carbons (Fsp3) is 0.250. The molecule has 176 valence electrons. The van der Waals surface area contributed by atoms with Crippen LogP contribution in [0.5, 0.6) is 0 Å². The number of aryl methyl sites for hydroxylation is 1. The van der Waals surface area contributed by atoms with Crippen molar-refractivity contribution >= 4 is 22.5 Å². The molecule has 7 nitrogen and oxygen atoms in total. The van der Waals surface area contributed by atoms with Gasteiger partial charge < -0.3 is 10.4 Å². The molecule has 0 radical (unpaired) electrons. The Morgan fingerprint density at radius 1 is 1.12 bits per heavy atom. The molecule has 0 spiro atoms. The summed E-state index contributed by atoms with van der Waals surface area (Å²) in [6.07, 6.45) is 0.816. The molecule has 0 fully saturated rings. The third-order valence-corrected chi connectivity index (χ3v) is 5.16. The van der Waals surface area contributed by atoms with Gasteiger partial charge >= 0.3 is 6.18 Å². The molecule has 0 aliphatic heterocycles. The van der Waals surface area contributed by atoms with Gasteiger partial charge in [0.1, 0.15) is 11.4 Å². The summed E-state index contributed by atoms with van der Waals surface area (Å²) in [5, 5.41) is 18.0. The first-order valence-electron chi connectivity index (χ1n) is 10.5. The van der Waals surface area contributed by atoms with Crippen molar-refractivity contribution in [3.63, 3.8) is 0 Å². The number of aliphatic hydroxyl groups is 1. The van der Waals surface area contributed by atoms with E-state index < -0.39 is 23.4 Å². The number of alkyl halides is 3. The smallest absolute Gasteiger partial charge is 0.390 e. The second kappa shape index (κ2) is 8.86. The topological polar surface area (TPSA) is 92.9 Å². The Balaban J connectivity index is 1.72. The van der Waals surface area contributed by atoms with Gasteiger partial charge in [0.2, 0.25) is 0 Å². The first-order valence-corrected chi connectivity index (χ1v) is 10.5. The first kappa shape index (κ1) is 23.4. The molecule has 0 unspecified atom stereocenters. The van der Waals surface area contributed by atoms with Crippen molar-refractivity contribution in [3.8, 4) is 11.1 Å². The minimum absolute atomic E-state index is 0.350. The van der Waals surface area contributed by atoms with Crippen molar-refractivity contribution in [2.45, 2.75) is 38.6 Å². The van der Waals surface area contributed by atoms with Crippen LogP contribution in [0, 0.1) is 0 Å². The van der Waals surface area contributed by atoms with E-state index in [4.69, 9.17) is 0 Å². The quantitative estimate of drug-likeness (QED) is 0.418. The maximum absolute atomic E-state index is 13.0. The summed E-state index contributed by atoms with van der Waals surface area (Å²) in [6.45, 7) is 3.92. The fourth-order valence-corrected chi connectivity index (χ4v) is 3.40. The van der Waals surface area contributed by atoms with E-state index in [0.717, 1.165) is 23.1 Å². The number of nitrogens with one attached hydrogen (secondary N) is 1. The van der Waals surface area contributed by atoms with Crippen molar-refractivity contribution < 1.29 is 23.1 Å². The van der Waals surface area contributed by atoms with Crippen LogP contribution in [0.2, 0.25) is 0 Å². The van der Waals surface area contributed by atoms with Gasteiger partial charge in [-0.3, -0.25) is 14.5 Å². The van der Waals surface area contributed by atoms with Gasteiger partial charge in [0.15, 0.2) is 0 Å². The molecule has 0 atom stereocenters. The zero-order chi connectivity index (χ0) is 24.5. The second-order valence-electron chi connectivity index (χ2n) is 8.51. The average molecular weight is 469 g/mol. The van der Waals surface area contributed by atoms with Gasteiger partial charge in [-0.25, -0.2) is 4.98 Å². The van der Waals surface area contributed by atoms with Crippen molar-refractivity contribution in [1.29, 1.82) is 0 Å². The van der Waals surface area contributed by atoms with E-state index in [-0.39, 0.29) is 5.69 Å². The van der Waals surface area contributed by atoms with Crippen LogP contribution < -0.4 is 5.32 Å². The Labute approximate surface area is 193 Å². The summed E-state index contributed by atoms with van der Waals surface area (Å²) in [5.41, 5.74) is 0.0904. The Bertz CT molecular complexity index is 1330. The highest BCUT2D eigenvalue weighted by molar-refractivity contribution is 6.07. The summed E-state index contributed by atoms with van der Waals surface area (Å²) in [6, 6.07) is 10.2. The number of benzene rings is 1. The first-order chi connectivity index (χ1) is 16.0. The predicted octanol–water partition coefficient (Wildman–Crippen LogP) is 4.93. The van der Waals surface area contributed by atoms with Gasteiger partial charge in [0, 0.05) is 41.8 Å². The highest BCUT2D eigenvalue weighted by Gasteiger charge is 2.33. The molecule has 1 aromatic carbocycles. The molecule has 3 heterocycles. The third-order valence-electron chi connectivity index (χ3n) is 5.16. The lowest BCUT2D eigenvalue weighted by molar-refractivity contribution is -0.141. The number of rotatable bonds is 6. The fourth-order valence-electron chi connectivity index (χ4n) is 3.40. The van der Waals surface area contributed by atoms with Crippen molar-refractivity contribution in [3.05, 3.63) is 72.4 Å². The zero-order valence-corrected chi connectivity index (χ0v) is 18.5. The Hall–Kier alpha value is -3.79. The van der Waals surface area contributed by atoms with Gasteiger partial charge in [0.25, 0.3) is 5.91 Å². The lowest BCUT2D eigenvalue weighted by Gasteiger charge is -2.16. The number of carbonyl (C=O) groups is 1. The molecule has 0 aliphatic carbocycles. The van der Waals surface area contributed by atoms with Crippen LogP contribution >= 0.6 is 0 Å². The minimum atomic E-state index is -4.66. The number of hydrogen-bond acceptors (Lipinski definition) is 5. The van der Waals surface area contributed by atoms with Gasteiger partial charge in [-0.05, 0) is 62.2 Å². The number of halogens is 3. The highest BCUT2D eigenvalue weighted by Crippen LogP contribution is 2.33. The maximum Gasteiger partial charge on any atom is 0.433 e. The van der Waals surface area contributed by atoms with Gasteiger partial charge in [-0.2, -0.15) is 18.3 Å². The molecule has 0 saturated heterocycles. The number of pyridine rings is 2. The molecule has 4 aromatic rings. The molecule has 3 aromatic heterocycles. The normalized spacial score (nSPS) is 12.2. The van der Waals surface area contributed by atoms with Gasteiger partial charge in [-0.15, -0.1) is 0 Å². The molecule has 10 heteroatoms. The van der Waals surface area contributed by atoms with E-state index in [1.807, 2.05) is 0 Å². The second-order valence-corrected chi connectivity index (χ2v) is 8.51. The molecular formula is C24H22F3N5O2. The number of amides is 1. The summed E-state index contributed by atoms with van der Waals surface area (Å²) >= 11 is 0. The van der Waals surface area contributed by atoms with Crippen LogP contribution in [0.25, 0.3) is 22.0 Å². The number of nitrogens with zero attached hydrogens (tertiary/aromatic N) is 4. The lowest BCUT2D eigenvalue weighted by atomic mass is 10.0. The molecule has 0 bridgehead atoms. The lowest BCUT2D eigenvalue weighted by Crippen LogP contribution is -2.21. The summed E-state index contributed by atoms with van der Waals surface area (Å²) in [5.74, 6) is -0.768. The van der Waals surface area contributed by atoms with Crippen LogP contribution in [-0.4, -0.2) is 36.4 Å². The number of carbonyl (C=O) groups excluding carboxylic acids is 1. The Morgan fingerprint density at radius 3 is 2.53 bits per heavy atom. The molecule has 1 amide bonds. The molecule has 0 saturated carbocycles. The van der Waals surface area contributed by atoms with Crippen LogP contribution in [-0.2, 0) is 12.7 Å². The number of fused-ring (bicyclic) bond motifs is 1. The van der Waals surface area contributed by atoms with Gasteiger partial charge in [0.05, 0.1) is 11.1 Å². The monoisotopic (exact) mass is 469 g/mol. The molecular weight excluding hydrogens is 447 g/mol. The van der Waals surface area contributed by atoms with Crippen molar-refractivity contribution in [2.75, 3.05) is 5.32 Å². The van der Waals surface area contributed by atoms with E-state index >= 15 is 0 Å². The number of hydrogen-bond donors (Lipinski definition) is 2. The molecule has 0 aliphatic rings. The average Bonchev–Trinajstić information content (AvgIpc) is 3.19. The van der Waals surface area contributed by atoms with E-state index in [2.05, 4.69) is 20.4 Å². The molecule has 2 N–H and O–H groups in total. The van der Waals surface area contributed by atoms with E-state index in [1.165, 1.54) is 6.07 Å². The molecule has 4 rings (SSSR count). The van der Waals surface area contributed by atoms with Crippen LogP contribution in [0.1, 0.15) is 36.5 Å². The van der Waals surface area contributed by atoms with Crippen LogP contribution in [0.15, 0.2) is 61.1 Å². The van der Waals surface area contributed by atoms with Crippen LogP contribution in [0.4, 0.5) is 18.9 Å². The SMILES string of the molecule is CC(C)(O)CCn1cc2cc(NC(=O)c3cccc(C(F)(F)F)n3)c(-c3ccncc3)cc2n1. The predicted molar refractivity (Wildman–Crippen MR) is 121 cm³/mol. The zero-order valence-electron chi connectivity index (χ0n) is 18.5. The van der Waals surface area contributed by atoms with Gasteiger partial charge in [-0.1, -0.05) is 6.07 Å². The van der Waals surface area contributed by atoms with Crippen molar-refractivity contribution in [2.24, 2.45) is 0 Å². The Kier molecular flexibility index (Phi) is 6.09. The summed E-state index contributed by atoms with van der Waals surface area (Å²) in [7, 11) is 0. The van der Waals surface area contributed by atoms with E-state index in [0.29, 0.717) is 29.7 Å². The van der Waals surface area contributed by atoms with E-state index in [1.54, 1.807) is 61.4 Å². The Morgan fingerprint density at radius 2 is 1.85 bits per heavy atom. The minimum Gasteiger partial charge on any atom is -0.390 e. The van der Waals surface area contributed by atoms with Crippen LogP contribution in [0.3, 0.4) is 0 Å². The highest BCUT2D eigenvalue weighted by atomic mass is 19.4. The standard InChI is InChI=1S/C24H22F3N5O2/c1-23(2,34)8-11-32-14-16-12-20(17(13-19(16)31-32)15-6-9-28-10-7-15)30-22(33)18-4-3-5-21(29-18)24(25,26)27/h3-7,9-10,12-14,34H,8,11H2,1-2H3,(H,30,33). The largest absolute Gasteiger partial charge is 0.433 e. The number of aromatic nitrogens is 4. The maximum atomic E-state index is 13.0. The summed E-state index contributed by atoms with van der Waals surface area (Å²) in [4.78, 5) is 20.3. The van der Waals surface area contributed by atoms with Crippen molar-refractivity contribution in [1.82, 2.24) is 19.7 Å².